The van der Waals surface area contributed by atoms with E-state index in [-0.39, 0.29) is 18.1 Å². The molecule has 1 spiro atoms. The normalized spacial score (nSPS) is 19.6. The van der Waals surface area contributed by atoms with Crippen molar-refractivity contribution in [2.45, 2.75) is 55.4 Å². The lowest BCUT2D eigenvalue weighted by molar-refractivity contribution is -0.0892. The van der Waals surface area contributed by atoms with Gasteiger partial charge in [0.1, 0.15) is 0 Å². The summed E-state index contributed by atoms with van der Waals surface area (Å²) in [6.07, 6.45) is -3.91. The summed E-state index contributed by atoms with van der Waals surface area (Å²) in [5.74, 6) is -1.97. The Labute approximate surface area is 188 Å². The summed E-state index contributed by atoms with van der Waals surface area (Å²) in [6.45, 7) is 4.89. The van der Waals surface area contributed by atoms with Crippen molar-refractivity contribution in [2.24, 2.45) is 0 Å². The van der Waals surface area contributed by atoms with Gasteiger partial charge in [-0.1, -0.05) is 0 Å². The largest absolute Gasteiger partial charge is 0.456 e. The summed E-state index contributed by atoms with van der Waals surface area (Å²) in [5, 5.41) is 3.59. The Morgan fingerprint density at radius 2 is 1.69 bits per heavy atom. The number of aromatic nitrogens is 1. The maximum Gasteiger partial charge on any atom is 0.456 e. The quantitative estimate of drug-likeness (QED) is 0.520. The Bertz CT molecular complexity index is 1040. The molecule has 2 aliphatic rings. The van der Waals surface area contributed by atoms with E-state index in [4.69, 9.17) is 4.55 Å². The molecule has 2 aliphatic heterocycles. The van der Waals surface area contributed by atoms with Crippen molar-refractivity contribution in [3.05, 3.63) is 53.3 Å². The van der Waals surface area contributed by atoms with Gasteiger partial charge in [0, 0.05) is 53.4 Å². The molecule has 0 bridgehead atoms. The summed E-state index contributed by atoms with van der Waals surface area (Å²) in [5.41, 5.74) is -0.337. The zero-order valence-corrected chi connectivity index (χ0v) is 18.5. The summed E-state index contributed by atoms with van der Waals surface area (Å²) >= 11 is 0.608. The number of alkyl halides is 3. The molecule has 6 nitrogen and oxygen atoms in total. The first-order valence-corrected chi connectivity index (χ1v) is 11.0. The van der Waals surface area contributed by atoms with Crippen LogP contribution in [0.15, 0.2) is 41.3 Å². The van der Waals surface area contributed by atoms with Crippen molar-refractivity contribution >= 4 is 23.7 Å². The molecule has 0 radical (unpaired) electrons. The Morgan fingerprint density at radius 3 is 2.25 bits per heavy atom. The van der Waals surface area contributed by atoms with E-state index in [1.54, 1.807) is 35.2 Å². The average Bonchev–Trinajstić information content (AvgIpc) is 3.15. The monoisotopic (exact) mass is 467 g/mol. The highest BCUT2D eigenvalue weighted by Gasteiger charge is 2.49. The van der Waals surface area contributed by atoms with Gasteiger partial charge in [-0.15, -0.1) is 0 Å². The molecule has 0 unspecified atom stereocenters. The third-order valence-electron chi connectivity index (χ3n) is 6.20. The number of fused-ring (bicyclic) bond motifs is 2. The van der Waals surface area contributed by atoms with Crippen LogP contribution in [0.4, 0.5) is 13.2 Å². The molecule has 3 heterocycles. The Kier molecular flexibility index (Phi) is 5.67. The van der Waals surface area contributed by atoms with E-state index in [2.05, 4.69) is 5.32 Å². The number of rotatable bonds is 3. The number of likely N-dealkylation sites (tertiary alicyclic amines) is 1. The third kappa shape index (κ3) is 4.06. The van der Waals surface area contributed by atoms with E-state index in [1.807, 2.05) is 13.8 Å². The summed E-state index contributed by atoms with van der Waals surface area (Å²) in [6, 6.07) is 9.51. The van der Waals surface area contributed by atoms with Crippen LogP contribution in [0.1, 0.15) is 53.2 Å². The van der Waals surface area contributed by atoms with Crippen LogP contribution in [-0.2, 0) is 12.1 Å². The number of nitrogens with zero attached hydrogens (tertiary/aromatic N) is 2. The predicted molar refractivity (Wildman–Crippen MR) is 114 cm³/mol. The zero-order chi connectivity index (χ0) is 23.3. The number of carbonyl (C=O) groups is 2. The number of carbonyl (C=O) groups excluding carboxylic acids is 2. The highest BCUT2D eigenvalue weighted by atomic mass is 32.2. The first-order chi connectivity index (χ1) is 15.0. The molecule has 32 heavy (non-hydrogen) atoms. The molecule has 1 aromatic carbocycles. The van der Waals surface area contributed by atoms with E-state index in [9.17, 15) is 22.8 Å². The molecule has 1 saturated heterocycles. The molecule has 1 aromatic heterocycles. The number of benzene rings is 1. The second-order valence-corrected chi connectivity index (χ2v) is 9.67. The van der Waals surface area contributed by atoms with Gasteiger partial charge in [0.2, 0.25) is 0 Å². The topological polar surface area (TPSA) is 74.6 Å². The lowest BCUT2D eigenvalue weighted by atomic mass is 9.79. The number of nitrogens with one attached hydrogen (secondary N) is 1. The highest BCUT2D eigenvalue weighted by Crippen LogP contribution is 2.41. The van der Waals surface area contributed by atoms with Gasteiger partial charge in [-0.2, -0.15) is 13.2 Å². The van der Waals surface area contributed by atoms with Crippen LogP contribution in [0.2, 0.25) is 0 Å². The van der Waals surface area contributed by atoms with Crippen LogP contribution in [0.25, 0.3) is 0 Å². The molecular formula is C22H24F3N3O3S. The molecular weight excluding hydrogens is 443 g/mol. The van der Waals surface area contributed by atoms with Crippen LogP contribution < -0.4 is 5.32 Å². The Balaban J connectivity index is 1.59. The van der Waals surface area contributed by atoms with E-state index >= 15 is 0 Å². The summed E-state index contributed by atoms with van der Waals surface area (Å²) < 4.78 is 49.9. The van der Waals surface area contributed by atoms with Crippen LogP contribution in [0.3, 0.4) is 0 Å². The maximum atomic E-state index is 13.1. The number of ketones is 1. The van der Waals surface area contributed by atoms with Gasteiger partial charge in [0.25, 0.3) is 11.7 Å². The minimum Gasteiger partial charge on any atom is -0.338 e. The first-order valence-electron chi connectivity index (χ1n) is 10.3. The van der Waals surface area contributed by atoms with Crippen molar-refractivity contribution < 1.29 is 27.3 Å². The second-order valence-electron chi connectivity index (χ2n) is 9.02. The molecule has 0 saturated carbocycles. The maximum absolute atomic E-state index is 13.1. The molecule has 4 rings (SSSR count). The van der Waals surface area contributed by atoms with Crippen molar-refractivity contribution in [3.63, 3.8) is 0 Å². The average molecular weight is 468 g/mol. The standard InChI is InChI=1S/C22H24F3N3O3S/c1-20(2)13-28-16(18(29)22(23,24)25)7-8-17(28)21(26-20)9-11-27(12-10-21)19(30)14-3-5-15(32-31)6-4-14/h3-8,26,31H,9-13H2,1-2H3. The number of hydrogen-bond donors (Lipinski definition) is 2. The number of hydrogen-bond acceptors (Lipinski definition) is 5. The minimum atomic E-state index is -4.93. The molecule has 0 atom stereocenters. The predicted octanol–water partition coefficient (Wildman–Crippen LogP) is 4.31. The van der Waals surface area contributed by atoms with Crippen molar-refractivity contribution in [2.75, 3.05) is 13.1 Å². The van der Waals surface area contributed by atoms with Crippen molar-refractivity contribution in [1.29, 1.82) is 0 Å². The van der Waals surface area contributed by atoms with Crippen LogP contribution in [0, 0.1) is 0 Å². The van der Waals surface area contributed by atoms with E-state index in [0.717, 1.165) is 0 Å². The van der Waals surface area contributed by atoms with Gasteiger partial charge in [0.15, 0.2) is 0 Å². The third-order valence-corrected chi connectivity index (χ3v) is 6.69. The van der Waals surface area contributed by atoms with Crippen LogP contribution in [-0.4, -0.2) is 50.5 Å². The fourth-order valence-corrected chi connectivity index (χ4v) is 5.12. The molecule has 0 aliphatic carbocycles. The summed E-state index contributed by atoms with van der Waals surface area (Å²) in [4.78, 5) is 27.3. The van der Waals surface area contributed by atoms with Crippen molar-refractivity contribution in [3.8, 4) is 0 Å². The first kappa shape index (κ1) is 22.9. The van der Waals surface area contributed by atoms with Crippen LogP contribution in [0.5, 0.6) is 0 Å². The zero-order valence-electron chi connectivity index (χ0n) is 17.7. The minimum absolute atomic E-state index is 0.132. The number of amides is 1. The molecule has 172 valence electrons. The number of Topliss-reactive ketones (excluding diaryl/α,β-unsaturated/α-hetero) is 1. The van der Waals surface area contributed by atoms with Gasteiger partial charge in [0.05, 0.1) is 11.2 Å². The van der Waals surface area contributed by atoms with Crippen LogP contribution >= 0.6 is 12.0 Å². The van der Waals surface area contributed by atoms with Gasteiger partial charge >= 0.3 is 6.18 Å². The lowest BCUT2D eigenvalue weighted by Crippen LogP contribution is -2.63. The Hall–Kier alpha value is -2.30. The van der Waals surface area contributed by atoms with Gasteiger partial charge < -0.3 is 14.0 Å². The van der Waals surface area contributed by atoms with Gasteiger partial charge in [-0.25, -0.2) is 0 Å². The van der Waals surface area contributed by atoms with Crippen molar-refractivity contribution in [1.82, 2.24) is 14.8 Å². The fourth-order valence-electron chi connectivity index (χ4n) is 4.86. The summed E-state index contributed by atoms with van der Waals surface area (Å²) in [7, 11) is 0. The molecule has 2 N–H and O–H groups in total. The highest BCUT2D eigenvalue weighted by molar-refractivity contribution is 7.93. The van der Waals surface area contributed by atoms with E-state index in [1.165, 1.54) is 10.6 Å². The molecule has 2 aromatic rings. The SMILES string of the molecule is CC1(C)Cn2c(C(=O)C(F)(F)F)ccc2C2(CCN(C(=O)c3ccc(SO)cc3)CC2)N1. The molecule has 10 heteroatoms. The van der Waals surface area contributed by atoms with Gasteiger partial charge in [-0.3, -0.25) is 14.9 Å². The molecule has 1 fully saturated rings. The van der Waals surface area contributed by atoms with E-state index < -0.39 is 23.0 Å². The van der Waals surface area contributed by atoms with E-state index in [0.29, 0.717) is 54.1 Å². The second kappa shape index (κ2) is 7.93. The van der Waals surface area contributed by atoms with Gasteiger partial charge in [-0.05, 0) is 63.1 Å². The fraction of sp³-hybridized carbons (Fsp3) is 0.455. The Morgan fingerprint density at radius 1 is 1.06 bits per heavy atom. The number of piperidine rings is 1. The lowest BCUT2D eigenvalue weighted by Gasteiger charge is -2.51. The molecule has 1 amide bonds. The smallest absolute Gasteiger partial charge is 0.338 e. The number of halogens is 3.